The Bertz CT molecular complexity index is 349. The number of hydrogen-bond donors (Lipinski definition) is 1. The van der Waals surface area contributed by atoms with Gasteiger partial charge in [-0.3, -0.25) is 4.68 Å². The normalized spacial score (nSPS) is 31.9. The number of rotatable bonds is 1. The first-order valence-electron chi connectivity index (χ1n) is 5.07. The fraction of sp³-hybridized carbons (Fsp3) is 0.700. The van der Waals surface area contributed by atoms with Crippen LogP contribution < -0.4 is 0 Å². The van der Waals surface area contributed by atoms with Crippen molar-refractivity contribution >= 4 is 27.7 Å². The third-order valence-electron chi connectivity index (χ3n) is 3.05. The van der Waals surface area contributed by atoms with Gasteiger partial charge in [0.2, 0.25) is 0 Å². The second-order valence-electron chi connectivity index (χ2n) is 4.01. The topological polar surface area (TPSA) is 38.1 Å². The van der Waals surface area contributed by atoms with E-state index in [4.69, 9.17) is 0 Å². The highest BCUT2D eigenvalue weighted by Crippen LogP contribution is 2.43. The predicted octanol–water partition coefficient (Wildman–Crippen LogP) is 2.29. The number of aliphatic hydroxyl groups is 1. The largest absolute Gasteiger partial charge is 0.382 e. The van der Waals surface area contributed by atoms with Gasteiger partial charge in [-0.2, -0.15) is 16.9 Å². The molecule has 1 aromatic rings. The Morgan fingerprint density at radius 3 is 3.00 bits per heavy atom. The predicted molar refractivity (Wildman–Crippen MR) is 66.0 cm³/mol. The molecule has 5 heteroatoms. The van der Waals surface area contributed by atoms with E-state index in [0.29, 0.717) is 0 Å². The lowest BCUT2D eigenvalue weighted by Crippen LogP contribution is -2.40. The lowest BCUT2D eigenvalue weighted by molar-refractivity contribution is 0.0168. The summed E-state index contributed by atoms with van der Waals surface area (Å²) >= 11 is 5.29. The Morgan fingerprint density at radius 1 is 1.73 bits per heavy atom. The fourth-order valence-electron chi connectivity index (χ4n) is 2.15. The molecule has 0 spiro atoms. The average Bonchev–Trinajstić information content (AvgIpc) is 2.52. The molecule has 1 saturated heterocycles. The molecule has 2 unspecified atom stereocenters. The summed E-state index contributed by atoms with van der Waals surface area (Å²) in [5.74, 6) is 1.14. The van der Waals surface area contributed by atoms with Crippen molar-refractivity contribution < 1.29 is 5.11 Å². The van der Waals surface area contributed by atoms with Gasteiger partial charge < -0.3 is 5.11 Å². The minimum absolute atomic E-state index is 0.220. The first-order valence-corrected chi connectivity index (χ1v) is 6.92. The SMILES string of the molecule is CC1SCCCC1(O)c1c(Br)cnn1C. The maximum absolute atomic E-state index is 10.8. The maximum atomic E-state index is 10.8. The van der Waals surface area contributed by atoms with Gasteiger partial charge in [0, 0.05) is 12.3 Å². The summed E-state index contributed by atoms with van der Waals surface area (Å²) in [4.78, 5) is 0. The Morgan fingerprint density at radius 2 is 2.47 bits per heavy atom. The smallest absolute Gasteiger partial charge is 0.119 e. The molecule has 0 aromatic carbocycles. The summed E-state index contributed by atoms with van der Waals surface area (Å²) < 4.78 is 2.67. The van der Waals surface area contributed by atoms with E-state index < -0.39 is 5.60 Å². The molecule has 15 heavy (non-hydrogen) atoms. The highest BCUT2D eigenvalue weighted by Gasteiger charge is 2.41. The number of thioether (sulfide) groups is 1. The summed E-state index contributed by atoms with van der Waals surface area (Å²) in [5.41, 5.74) is 0.162. The number of aromatic nitrogens is 2. The molecule has 2 atom stereocenters. The van der Waals surface area contributed by atoms with Crippen molar-refractivity contribution in [2.45, 2.75) is 30.6 Å². The van der Waals surface area contributed by atoms with Gasteiger partial charge in [0.05, 0.1) is 16.4 Å². The van der Waals surface area contributed by atoms with Crippen LogP contribution in [0.5, 0.6) is 0 Å². The molecule has 1 N–H and O–H groups in total. The Hall–Kier alpha value is 0. The highest BCUT2D eigenvalue weighted by atomic mass is 79.9. The lowest BCUT2D eigenvalue weighted by Gasteiger charge is -2.37. The maximum Gasteiger partial charge on any atom is 0.119 e. The Kier molecular flexibility index (Phi) is 3.14. The van der Waals surface area contributed by atoms with Gasteiger partial charge in [-0.05, 0) is 34.5 Å². The summed E-state index contributed by atoms with van der Waals surface area (Å²) in [6.07, 6.45) is 3.63. The van der Waals surface area contributed by atoms with Gasteiger partial charge in [-0.15, -0.1) is 0 Å². The van der Waals surface area contributed by atoms with Gasteiger partial charge in [0.15, 0.2) is 0 Å². The zero-order valence-corrected chi connectivity index (χ0v) is 11.3. The first-order chi connectivity index (χ1) is 7.05. The molecule has 0 saturated carbocycles. The van der Waals surface area contributed by atoms with Crippen LogP contribution in [0.2, 0.25) is 0 Å². The molecule has 1 aliphatic rings. The third kappa shape index (κ3) is 1.85. The van der Waals surface area contributed by atoms with Crippen LogP contribution in [0.15, 0.2) is 10.7 Å². The second-order valence-corrected chi connectivity index (χ2v) is 6.31. The molecule has 84 valence electrons. The quantitative estimate of drug-likeness (QED) is 0.862. The lowest BCUT2D eigenvalue weighted by atomic mass is 9.90. The molecule has 1 aliphatic heterocycles. The van der Waals surface area contributed by atoms with Crippen LogP contribution in [0.1, 0.15) is 25.5 Å². The van der Waals surface area contributed by atoms with Crippen molar-refractivity contribution in [3.63, 3.8) is 0 Å². The van der Waals surface area contributed by atoms with Gasteiger partial charge in [-0.1, -0.05) is 6.92 Å². The zero-order valence-electron chi connectivity index (χ0n) is 8.90. The van der Waals surface area contributed by atoms with E-state index in [2.05, 4.69) is 28.0 Å². The van der Waals surface area contributed by atoms with E-state index in [9.17, 15) is 5.11 Å². The summed E-state index contributed by atoms with van der Waals surface area (Å²) in [6.45, 7) is 2.09. The summed E-state index contributed by atoms with van der Waals surface area (Å²) in [7, 11) is 1.88. The van der Waals surface area contributed by atoms with Crippen molar-refractivity contribution in [1.82, 2.24) is 9.78 Å². The Labute approximate surface area is 102 Å². The van der Waals surface area contributed by atoms with Gasteiger partial charge >= 0.3 is 0 Å². The van der Waals surface area contributed by atoms with E-state index in [1.807, 2.05) is 18.8 Å². The molecule has 0 amide bonds. The van der Waals surface area contributed by atoms with Crippen LogP contribution in [0, 0.1) is 0 Å². The number of halogens is 1. The van der Waals surface area contributed by atoms with Crippen molar-refractivity contribution in [2.75, 3.05) is 5.75 Å². The second kappa shape index (κ2) is 4.11. The summed E-state index contributed by atoms with van der Waals surface area (Å²) in [5, 5.41) is 15.1. The van der Waals surface area contributed by atoms with E-state index >= 15 is 0 Å². The third-order valence-corrected chi connectivity index (χ3v) is 5.04. The van der Waals surface area contributed by atoms with Gasteiger partial charge in [-0.25, -0.2) is 0 Å². The molecule has 0 radical (unpaired) electrons. The highest BCUT2D eigenvalue weighted by molar-refractivity contribution is 9.10. The molecular formula is C10H15BrN2OS. The molecule has 0 aliphatic carbocycles. The van der Waals surface area contributed by atoms with Crippen LogP contribution in [0.25, 0.3) is 0 Å². The molecule has 2 heterocycles. The molecule has 0 bridgehead atoms. The van der Waals surface area contributed by atoms with Crippen LogP contribution in [0.4, 0.5) is 0 Å². The molecule has 1 fully saturated rings. The average molecular weight is 291 g/mol. The van der Waals surface area contributed by atoms with E-state index in [1.54, 1.807) is 10.9 Å². The van der Waals surface area contributed by atoms with Crippen LogP contribution in [0.3, 0.4) is 0 Å². The van der Waals surface area contributed by atoms with Crippen molar-refractivity contribution in [3.8, 4) is 0 Å². The van der Waals surface area contributed by atoms with Gasteiger partial charge in [0.25, 0.3) is 0 Å². The van der Waals surface area contributed by atoms with E-state index in [0.717, 1.165) is 28.8 Å². The number of aryl methyl sites for hydroxylation is 1. The zero-order chi connectivity index (χ0) is 11.1. The molecule has 3 nitrogen and oxygen atoms in total. The van der Waals surface area contributed by atoms with Gasteiger partial charge in [0.1, 0.15) is 5.60 Å². The minimum Gasteiger partial charge on any atom is -0.382 e. The van der Waals surface area contributed by atoms with E-state index in [1.165, 1.54) is 0 Å². The number of nitrogens with zero attached hydrogens (tertiary/aromatic N) is 2. The van der Waals surface area contributed by atoms with Crippen LogP contribution in [-0.4, -0.2) is 25.9 Å². The summed E-state index contributed by atoms with van der Waals surface area (Å²) in [6, 6.07) is 0. The molecule has 2 rings (SSSR count). The van der Waals surface area contributed by atoms with Crippen molar-refractivity contribution in [2.24, 2.45) is 7.05 Å². The molecule has 1 aromatic heterocycles. The van der Waals surface area contributed by atoms with Crippen molar-refractivity contribution in [1.29, 1.82) is 0 Å². The van der Waals surface area contributed by atoms with Crippen LogP contribution >= 0.6 is 27.7 Å². The van der Waals surface area contributed by atoms with Crippen molar-refractivity contribution in [3.05, 3.63) is 16.4 Å². The minimum atomic E-state index is -0.743. The van der Waals surface area contributed by atoms with Crippen LogP contribution in [-0.2, 0) is 12.6 Å². The fourth-order valence-corrected chi connectivity index (χ4v) is 4.01. The number of hydrogen-bond acceptors (Lipinski definition) is 3. The standard InChI is InChI=1S/C10H15BrN2OS/c1-7-10(14,4-3-5-15-7)9-8(11)6-12-13(9)2/h6-7,14H,3-5H2,1-2H3. The monoisotopic (exact) mass is 290 g/mol. The first kappa shape index (κ1) is 11.5. The molecular weight excluding hydrogens is 276 g/mol. The Balaban J connectivity index is 2.43. The van der Waals surface area contributed by atoms with E-state index in [-0.39, 0.29) is 5.25 Å².